The van der Waals surface area contributed by atoms with Crippen molar-refractivity contribution in [2.24, 2.45) is 5.92 Å². The fourth-order valence-electron chi connectivity index (χ4n) is 2.65. The molecule has 2 rings (SSSR count). The van der Waals surface area contributed by atoms with E-state index in [1.807, 2.05) is 19.2 Å². The van der Waals surface area contributed by atoms with Crippen LogP contribution in [0, 0.1) is 12.8 Å². The third-order valence-corrected chi connectivity index (χ3v) is 3.91. The molecule has 0 saturated heterocycles. The molecule has 0 aromatic heterocycles. The molecule has 1 N–H and O–H groups in total. The minimum absolute atomic E-state index is 0.583. The Morgan fingerprint density at radius 3 is 2.55 bits per heavy atom. The summed E-state index contributed by atoms with van der Waals surface area (Å²) in [7, 11) is 2.02. The monoisotopic (exact) mass is 287 g/mol. The molecule has 0 spiro atoms. The van der Waals surface area contributed by atoms with Gasteiger partial charge in [0, 0.05) is 5.02 Å². The molecule has 0 amide bonds. The molecule has 1 nitrogen and oxygen atoms in total. The summed E-state index contributed by atoms with van der Waals surface area (Å²) in [5.74, 6) is 0.583. The van der Waals surface area contributed by atoms with Gasteiger partial charge in [0.1, 0.15) is 0 Å². The summed E-state index contributed by atoms with van der Waals surface area (Å²) in [6.45, 7) is 3.20. The van der Waals surface area contributed by atoms with Gasteiger partial charge in [0.25, 0.3) is 0 Å². The van der Waals surface area contributed by atoms with Crippen LogP contribution >= 0.6 is 11.6 Å². The minimum atomic E-state index is 0.583. The molecule has 0 heterocycles. The summed E-state index contributed by atoms with van der Waals surface area (Å²) < 4.78 is 0. The quantitative estimate of drug-likeness (QED) is 0.837. The first-order chi connectivity index (χ1) is 9.69. The van der Waals surface area contributed by atoms with Crippen LogP contribution in [0.15, 0.2) is 48.5 Å². The van der Waals surface area contributed by atoms with E-state index in [1.165, 1.54) is 16.7 Å². The summed E-state index contributed by atoms with van der Waals surface area (Å²) in [4.78, 5) is 0. The van der Waals surface area contributed by atoms with Crippen molar-refractivity contribution in [3.63, 3.8) is 0 Å². The largest absolute Gasteiger partial charge is 0.319 e. The Hall–Kier alpha value is -1.31. The molecule has 20 heavy (non-hydrogen) atoms. The minimum Gasteiger partial charge on any atom is -0.319 e. The summed E-state index contributed by atoms with van der Waals surface area (Å²) >= 11 is 6.08. The topological polar surface area (TPSA) is 12.0 Å². The van der Waals surface area contributed by atoms with Gasteiger partial charge < -0.3 is 5.32 Å². The fraction of sp³-hybridized carbons (Fsp3) is 0.333. The zero-order chi connectivity index (χ0) is 14.4. The smallest absolute Gasteiger partial charge is 0.0408 e. The van der Waals surface area contributed by atoms with Crippen LogP contribution in [0.3, 0.4) is 0 Å². The van der Waals surface area contributed by atoms with Crippen LogP contribution in [0.2, 0.25) is 5.02 Å². The van der Waals surface area contributed by atoms with E-state index in [4.69, 9.17) is 11.6 Å². The van der Waals surface area contributed by atoms with Gasteiger partial charge in [-0.3, -0.25) is 0 Å². The molecule has 0 fully saturated rings. The van der Waals surface area contributed by atoms with E-state index in [0.717, 1.165) is 24.4 Å². The second-order valence-electron chi connectivity index (χ2n) is 5.39. The van der Waals surface area contributed by atoms with Crippen molar-refractivity contribution in [3.05, 3.63) is 70.2 Å². The maximum Gasteiger partial charge on any atom is 0.0408 e. The molecule has 0 radical (unpaired) electrons. The molecule has 1 unspecified atom stereocenters. The van der Waals surface area contributed by atoms with Gasteiger partial charge in [-0.05, 0) is 68.1 Å². The van der Waals surface area contributed by atoms with Crippen LogP contribution in [0.1, 0.15) is 16.7 Å². The molecule has 2 aromatic rings. The number of rotatable bonds is 6. The summed E-state index contributed by atoms with van der Waals surface area (Å²) in [5.41, 5.74) is 4.13. The maximum atomic E-state index is 6.08. The highest BCUT2D eigenvalue weighted by atomic mass is 35.5. The first-order valence-corrected chi connectivity index (χ1v) is 7.50. The number of aryl methyl sites for hydroxylation is 1. The van der Waals surface area contributed by atoms with Gasteiger partial charge in [0.15, 0.2) is 0 Å². The van der Waals surface area contributed by atoms with Gasteiger partial charge in [-0.15, -0.1) is 0 Å². The molecule has 106 valence electrons. The molecule has 0 aliphatic rings. The molecule has 2 aromatic carbocycles. The number of halogens is 1. The first kappa shape index (κ1) is 15.1. The zero-order valence-corrected chi connectivity index (χ0v) is 13.0. The second kappa shape index (κ2) is 7.47. The molecular formula is C18H22ClN. The molecule has 1 atom stereocenters. The average molecular weight is 288 g/mol. The molecule has 2 heteroatoms. The Labute approximate surface area is 127 Å². The number of benzene rings is 2. The zero-order valence-electron chi connectivity index (χ0n) is 12.2. The van der Waals surface area contributed by atoms with E-state index < -0.39 is 0 Å². The molecular weight excluding hydrogens is 266 g/mol. The predicted octanol–water partition coefficient (Wildman–Crippen LogP) is 4.27. The van der Waals surface area contributed by atoms with E-state index in [0.29, 0.717) is 5.92 Å². The summed E-state index contributed by atoms with van der Waals surface area (Å²) in [6.07, 6.45) is 2.15. The van der Waals surface area contributed by atoms with E-state index in [1.54, 1.807) is 0 Å². The van der Waals surface area contributed by atoms with Gasteiger partial charge in [-0.2, -0.15) is 0 Å². The van der Waals surface area contributed by atoms with Gasteiger partial charge >= 0.3 is 0 Å². The maximum absolute atomic E-state index is 6.08. The van der Waals surface area contributed by atoms with Crippen molar-refractivity contribution in [3.8, 4) is 0 Å². The Morgan fingerprint density at radius 1 is 1.05 bits per heavy atom. The third-order valence-electron chi connectivity index (χ3n) is 3.68. The Kier molecular flexibility index (Phi) is 5.63. The lowest BCUT2D eigenvalue weighted by Crippen LogP contribution is -2.23. The van der Waals surface area contributed by atoms with Crippen LogP contribution in [0.5, 0.6) is 0 Å². The Balaban J connectivity index is 2.09. The van der Waals surface area contributed by atoms with Crippen LogP contribution in [0.25, 0.3) is 0 Å². The number of hydrogen-bond acceptors (Lipinski definition) is 1. The van der Waals surface area contributed by atoms with Crippen LogP contribution < -0.4 is 5.32 Å². The lowest BCUT2D eigenvalue weighted by Gasteiger charge is -2.18. The predicted molar refractivity (Wildman–Crippen MR) is 87.5 cm³/mol. The van der Waals surface area contributed by atoms with E-state index in [-0.39, 0.29) is 0 Å². The van der Waals surface area contributed by atoms with Crippen LogP contribution in [-0.2, 0) is 12.8 Å². The molecule has 0 saturated carbocycles. The Morgan fingerprint density at radius 2 is 1.85 bits per heavy atom. The third kappa shape index (κ3) is 4.36. The van der Waals surface area contributed by atoms with Gasteiger partial charge in [0.05, 0.1) is 0 Å². The number of nitrogens with one attached hydrogen (secondary N) is 1. The lowest BCUT2D eigenvalue weighted by molar-refractivity contribution is 0.492. The molecule has 0 aliphatic heterocycles. The van der Waals surface area contributed by atoms with E-state index in [2.05, 4.69) is 48.6 Å². The molecule has 0 bridgehead atoms. The fourth-order valence-corrected chi connectivity index (χ4v) is 2.87. The average Bonchev–Trinajstić information content (AvgIpc) is 2.42. The highest BCUT2D eigenvalue weighted by Crippen LogP contribution is 2.19. The summed E-state index contributed by atoms with van der Waals surface area (Å²) in [6, 6.07) is 16.8. The highest BCUT2D eigenvalue weighted by molar-refractivity contribution is 6.30. The Bertz CT molecular complexity index is 551. The highest BCUT2D eigenvalue weighted by Gasteiger charge is 2.11. The van der Waals surface area contributed by atoms with Crippen molar-refractivity contribution in [1.29, 1.82) is 0 Å². The lowest BCUT2D eigenvalue weighted by atomic mass is 9.91. The second-order valence-corrected chi connectivity index (χ2v) is 5.82. The van der Waals surface area contributed by atoms with Crippen LogP contribution in [0.4, 0.5) is 0 Å². The first-order valence-electron chi connectivity index (χ1n) is 7.12. The van der Waals surface area contributed by atoms with Gasteiger partial charge in [-0.25, -0.2) is 0 Å². The van der Waals surface area contributed by atoms with Crippen molar-refractivity contribution in [2.75, 3.05) is 13.6 Å². The normalized spacial score (nSPS) is 12.3. The van der Waals surface area contributed by atoms with Gasteiger partial charge in [0.2, 0.25) is 0 Å². The van der Waals surface area contributed by atoms with Gasteiger partial charge in [-0.1, -0.05) is 48.0 Å². The summed E-state index contributed by atoms with van der Waals surface area (Å²) in [5, 5.41) is 4.13. The molecule has 0 aliphatic carbocycles. The standard InChI is InChI=1S/C18H22ClN/c1-14-6-3-4-8-17(14)11-16(13-20-2)10-15-7-5-9-18(19)12-15/h3-9,12,16,20H,10-11,13H2,1-2H3. The van der Waals surface area contributed by atoms with Crippen molar-refractivity contribution in [1.82, 2.24) is 5.32 Å². The van der Waals surface area contributed by atoms with Crippen molar-refractivity contribution < 1.29 is 0 Å². The van der Waals surface area contributed by atoms with Crippen LogP contribution in [-0.4, -0.2) is 13.6 Å². The number of hydrogen-bond donors (Lipinski definition) is 1. The van der Waals surface area contributed by atoms with Crippen molar-refractivity contribution >= 4 is 11.6 Å². The van der Waals surface area contributed by atoms with E-state index >= 15 is 0 Å². The SMILES string of the molecule is CNCC(Cc1cccc(Cl)c1)Cc1ccccc1C. The van der Waals surface area contributed by atoms with E-state index in [9.17, 15) is 0 Å². The van der Waals surface area contributed by atoms with Crippen molar-refractivity contribution in [2.45, 2.75) is 19.8 Å².